The number of carbonyl (C=O) groups is 1. The van der Waals surface area contributed by atoms with Gasteiger partial charge in [-0.1, -0.05) is 18.5 Å². The van der Waals surface area contributed by atoms with Gasteiger partial charge in [0.1, 0.15) is 23.3 Å². The van der Waals surface area contributed by atoms with E-state index in [0.717, 1.165) is 17.5 Å². The van der Waals surface area contributed by atoms with E-state index in [9.17, 15) is 9.59 Å². The predicted octanol–water partition coefficient (Wildman–Crippen LogP) is 5.19. The zero-order valence-corrected chi connectivity index (χ0v) is 17.2. The summed E-state index contributed by atoms with van der Waals surface area (Å²) in [5, 5.41) is 1.000. The minimum Gasteiger partial charge on any atom is -0.482 e. The first-order chi connectivity index (χ1) is 13.9. The molecule has 0 bridgehead atoms. The van der Waals surface area contributed by atoms with Crippen LogP contribution in [0, 0.1) is 13.8 Å². The van der Waals surface area contributed by atoms with Gasteiger partial charge in [-0.3, -0.25) is 4.79 Å². The molecule has 1 heterocycles. The van der Waals surface area contributed by atoms with E-state index in [-0.39, 0.29) is 17.8 Å². The van der Waals surface area contributed by atoms with Crippen LogP contribution in [0.2, 0.25) is 5.02 Å². The van der Waals surface area contributed by atoms with Crippen molar-refractivity contribution in [2.75, 3.05) is 13.2 Å². The molecule has 0 aliphatic heterocycles. The average molecular weight is 417 g/mol. The molecule has 152 valence electrons. The fourth-order valence-electron chi connectivity index (χ4n) is 2.74. The van der Waals surface area contributed by atoms with E-state index in [1.165, 1.54) is 6.26 Å². The van der Waals surface area contributed by atoms with Crippen molar-refractivity contribution in [2.24, 2.45) is 0 Å². The van der Waals surface area contributed by atoms with Gasteiger partial charge in [-0.2, -0.15) is 0 Å². The van der Waals surface area contributed by atoms with Crippen molar-refractivity contribution in [1.82, 2.24) is 0 Å². The van der Waals surface area contributed by atoms with E-state index < -0.39 is 5.97 Å². The predicted molar refractivity (Wildman–Crippen MR) is 110 cm³/mol. The van der Waals surface area contributed by atoms with Crippen molar-refractivity contribution in [2.45, 2.75) is 27.2 Å². The molecule has 0 N–H and O–H groups in total. The molecule has 29 heavy (non-hydrogen) atoms. The Morgan fingerprint density at radius 3 is 2.52 bits per heavy atom. The highest BCUT2D eigenvalue weighted by molar-refractivity contribution is 6.32. The van der Waals surface area contributed by atoms with Gasteiger partial charge in [0.05, 0.1) is 12.0 Å². The highest BCUT2D eigenvalue weighted by atomic mass is 35.5. The molecule has 0 amide bonds. The fraction of sp³-hybridized carbons (Fsp3) is 0.273. The van der Waals surface area contributed by atoms with Gasteiger partial charge < -0.3 is 18.6 Å². The molecular weight excluding hydrogens is 396 g/mol. The van der Waals surface area contributed by atoms with Crippen molar-refractivity contribution in [3.63, 3.8) is 0 Å². The number of fused-ring (bicyclic) bond motifs is 1. The Balaban J connectivity index is 1.80. The Bertz CT molecular complexity index is 1080. The van der Waals surface area contributed by atoms with E-state index in [4.69, 9.17) is 30.2 Å². The van der Waals surface area contributed by atoms with Gasteiger partial charge in [-0.15, -0.1) is 0 Å². The summed E-state index contributed by atoms with van der Waals surface area (Å²) in [5.41, 5.74) is 1.72. The highest BCUT2D eigenvalue weighted by Crippen LogP contribution is 2.29. The van der Waals surface area contributed by atoms with E-state index in [1.54, 1.807) is 30.3 Å². The Morgan fingerprint density at radius 2 is 1.83 bits per heavy atom. The minimum absolute atomic E-state index is 0.0652. The van der Waals surface area contributed by atoms with Crippen LogP contribution >= 0.6 is 11.6 Å². The van der Waals surface area contributed by atoms with Crippen molar-refractivity contribution in [1.29, 1.82) is 0 Å². The summed E-state index contributed by atoms with van der Waals surface area (Å²) in [6.07, 6.45) is 2.00. The number of carbonyl (C=O) groups excluding carboxylic acids is 1. The van der Waals surface area contributed by atoms with Crippen molar-refractivity contribution >= 4 is 28.5 Å². The molecule has 6 nitrogen and oxygen atoms in total. The second-order valence-electron chi connectivity index (χ2n) is 6.57. The third kappa shape index (κ3) is 4.90. The second-order valence-corrected chi connectivity index (χ2v) is 6.95. The second kappa shape index (κ2) is 9.01. The zero-order valence-electron chi connectivity index (χ0n) is 16.4. The topological polar surface area (TPSA) is 75.0 Å². The molecule has 0 aliphatic rings. The normalized spacial score (nSPS) is 10.8. The Kier molecular flexibility index (Phi) is 6.44. The molecule has 0 spiro atoms. The maximum absolute atomic E-state index is 12.7. The minimum atomic E-state index is -0.453. The molecule has 0 unspecified atom stereocenters. The number of halogens is 1. The van der Waals surface area contributed by atoms with Crippen LogP contribution in [0.5, 0.6) is 17.2 Å². The third-order valence-corrected chi connectivity index (χ3v) is 4.77. The number of aryl methyl sites for hydroxylation is 2. The lowest BCUT2D eigenvalue weighted by Crippen LogP contribution is -2.15. The van der Waals surface area contributed by atoms with E-state index in [1.807, 2.05) is 20.8 Å². The van der Waals surface area contributed by atoms with Crippen molar-refractivity contribution in [3.05, 3.63) is 63.0 Å². The summed E-state index contributed by atoms with van der Waals surface area (Å²) in [4.78, 5) is 24.3. The van der Waals surface area contributed by atoms with Crippen LogP contribution in [0.15, 0.2) is 45.8 Å². The molecule has 0 atom stereocenters. The molecule has 0 fully saturated rings. The number of hydrogen-bond donors (Lipinski definition) is 0. The van der Waals surface area contributed by atoms with Crippen molar-refractivity contribution in [3.8, 4) is 17.2 Å². The first-order valence-corrected chi connectivity index (χ1v) is 9.55. The van der Waals surface area contributed by atoms with Gasteiger partial charge >= 0.3 is 5.97 Å². The lowest BCUT2D eigenvalue weighted by molar-refractivity contribution is -0.146. The van der Waals surface area contributed by atoms with E-state index >= 15 is 0 Å². The highest BCUT2D eigenvalue weighted by Gasteiger charge is 2.12. The molecule has 0 saturated carbocycles. The summed E-state index contributed by atoms with van der Waals surface area (Å²) in [6.45, 7) is 5.78. The van der Waals surface area contributed by atoms with Crippen LogP contribution < -0.4 is 14.9 Å². The molecule has 3 aromatic rings. The maximum atomic E-state index is 12.7. The Hall–Kier alpha value is -2.99. The van der Waals surface area contributed by atoms with Crippen LogP contribution in [-0.2, 0) is 9.53 Å². The average Bonchev–Trinajstić information content (AvgIpc) is 2.71. The third-order valence-electron chi connectivity index (χ3n) is 4.18. The van der Waals surface area contributed by atoms with Crippen LogP contribution in [-0.4, -0.2) is 19.2 Å². The number of rotatable bonds is 7. The maximum Gasteiger partial charge on any atom is 0.344 e. The summed E-state index contributed by atoms with van der Waals surface area (Å²) in [7, 11) is 0. The van der Waals surface area contributed by atoms with Crippen LogP contribution in [0.25, 0.3) is 11.0 Å². The summed E-state index contributed by atoms with van der Waals surface area (Å²) < 4.78 is 21.6. The van der Waals surface area contributed by atoms with Gasteiger partial charge in [0.15, 0.2) is 6.61 Å². The quantitative estimate of drug-likeness (QED) is 0.493. The largest absolute Gasteiger partial charge is 0.482 e. The number of esters is 1. The van der Waals surface area contributed by atoms with Crippen LogP contribution in [0.4, 0.5) is 0 Å². The Morgan fingerprint density at radius 1 is 1.10 bits per heavy atom. The monoisotopic (exact) mass is 416 g/mol. The molecule has 0 radical (unpaired) electrons. The molecular formula is C22H21ClO6. The van der Waals surface area contributed by atoms with Crippen LogP contribution in [0.1, 0.15) is 24.5 Å². The van der Waals surface area contributed by atoms with Gasteiger partial charge in [-0.25, -0.2) is 4.79 Å². The molecule has 7 heteroatoms. The molecule has 0 saturated heterocycles. The summed E-state index contributed by atoms with van der Waals surface area (Å²) in [6, 6.07) is 8.22. The van der Waals surface area contributed by atoms with E-state index in [0.29, 0.717) is 34.1 Å². The standard InChI is InChI=1S/C22H21ClO6/c1-4-7-26-20(24)12-27-15-5-6-17-18(10-15)28-11-19(22(17)25)29-16-8-13(2)21(23)14(3)9-16/h5-6,8-11H,4,7,12H2,1-3H3. The van der Waals surface area contributed by atoms with E-state index in [2.05, 4.69) is 0 Å². The van der Waals surface area contributed by atoms with Gasteiger partial charge in [0.2, 0.25) is 11.2 Å². The Labute approximate surface area is 172 Å². The van der Waals surface area contributed by atoms with Gasteiger partial charge in [0.25, 0.3) is 0 Å². The molecule has 3 rings (SSSR count). The first-order valence-electron chi connectivity index (χ1n) is 9.17. The number of benzene rings is 2. The molecule has 2 aromatic carbocycles. The lowest BCUT2D eigenvalue weighted by atomic mass is 10.1. The molecule has 1 aromatic heterocycles. The first kappa shape index (κ1) is 20.7. The van der Waals surface area contributed by atoms with Crippen LogP contribution in [0.3, 0.4) is 0 Å². The number of hydrogen-bond acceptors (Lipinski definition) is 6. The molecule has 0 aliphatic carbocycles. The SMILES string of the molecule is CCCOC(=O)COc1ccc2c(=O)c(Oc3cc(C)c(Cl)c(C)c3)coc2c1. The zero-order chi connectivity index (χ0) is 21.0. The lowest BCUT2D eigenvalue weighted by Gasteiger charge is -2.10. The van der Waals surface area contributed by atoms with Gasteiger partial charge in [0, 0.05) is 11.1 Å². The smallest absolute Gasteiger partial charge is 0.344 e. The fourth-order valence-corrected chi connectivity index (χ4v) is 2.85. The number of ether oxygens (including phenoxy) is 3. The van der Waals surface area contributed by atoms with Crippen molar-refractivity contribution < 1.29 is 23.4 Å². The van der Waals surface area contributed by atoms with Gasteiger partial charge in [-0.05, 0) is 55.7 Å². The summed E-state index contributed by atoms with van der Waals surface area (Å²) in [5.74, 6) is 0.509. The summed E-state index contributed by atoms with van der Waals surface area (Å²) >= 11 is 6.17.